The number of amides is 1. The van der Waals surface area contributed by atoms with Crippen LogP contribution >= 0.6 is 7.92 Å². The van der Waals surface area contributed by atoms with Gasteiger partial charge in [0.15, 0.2) is 0 Å². The van der Waals surface area contributed by atoms with Gasteiger partial charge in [-0.15, -0.1) is 0 Å². The summed E-state index contributed by atoms with van der Waals surface area (Å²) in [7, 11) is 2.76. The van der Waals surface area contributed by atoms with Gasteiger partial charge in [-0.1, -0.05) is 59.7 Å². The summed E-state index contributed by atoms with van der Waals surface area (Å²) in [6.45, 7) is 12.8. The second kappa shape index (κ2) is 7.65. The van der Waals surface area contributed by atoms with Crippen molar-refractivity contribution in [2.24, 2.45) is 5.41 Å². The van der Waals surface area contributed by atoms with Crippen molar-refractivity contribution in [2.45, 2.75) is 46.7 Å². The quantitative estimate of drug-likeness (QED) is 0.613. The minimum absolute atomic E-state index is 0.0579. The normalized spacial score (nSPS) is 16.6. The summed E-state index contributed by atoms with van der Waals surface area (Å²) in [5.74, 6) is 1.72. The molecule has 0 N–H and O–H groups in total. The molecule has 1 aliphatic rings. The van der Waals surface area contributed by atoms with Crippen LogP contribution in [0, 0.1) is 5.41 Å². The molecule has 0 aliphatic carbocycles. The fraction of sp³-hybridized carbons (Fsp3) is 0.458. The van der Waals surface area contributed by atoms with Crippen LogP contribution in [0.4, 0.5) is 5.69 Å². The van der Waals surface area contributed by atoms with Gasteiger partial charge in [-0.25, -0.2) is 0 Å². The molecule has 4 nitrogen and oxygen atoms in total. The molecule has 0 spiro atoms. The van der Waals surface area contributed by atoms with Crippen LogP contribution in [0.5, 0.6) is 11.5 Å². The lowest BCUT2D eigenvalue weighted by Gasteiger charge is -2.30. The van der Waals surface area contributed by atoms with Gasteiger partial charge in [0.05, 0.1) is 31.8 Å². The monoisotopic (exact) mass is 413 g/mol. The lowest BCUT2D eigenvalue weighted by molar-refractivity contribution is -0.125. The molecule has 156 valence electrons. The molecule has 0 aromatic heterocycles. The molecule has 1 amide bonds. The van der Waals surface area contributed by atoms with Crippen molar-refractivity contribution in [1.29, 1.82) is 0 Å². The molecule has 1 atom stereocenters. The maximum Gasteiger partial charge on any atom is 0.232 e. The van der Waals surface area contributed by atoms with E-state index in [2.05, 4.69) is 32.9 Å². The molecule has 0 saturated heterocycles. The molecule has 0 fully saturated rings. The van der Waals surface area contributed by atoms with Crippen molar-refractivity contribution in [1.82, 2.24) is 0 Å². The highest BCUT2D eigenvalue weighted by Crippen LogP contribution is 2.58. The second-order valence-electron chi connectivity index (χ2n) is 9.43. The number of ether oxygens (including phenoxy) is 2. The van der Waals surface area contributed by atoms with E-state index in [1.165, 1.54) is 5.30 Å². The van der Waals surface area contributed by atoms with Gasteiger partial charge in [0.2, 0.25) is 5.91 Å². The molecule has 1 heterocycles. The van der Waals surface area contributed by atoms with Gasteiger partial charge in [-0.3, -0.25) is 4.79 Å². The van der Waals surface area contributed by atoms with Crippen LogP contribution in [-0.2, 0) is 4.79 Å². The Labute approximate surface area is 176 Å². The third-order valence-electron chi connectivity index (χ3n) is 5.25. The van der Waals surface area contributed by atoms with Crippen molar-refractivity contribution in [3.8, 4) is 22.6 Å². The van der Waals surface area contributed by atoms with Crippen LogP contribution in [0.3, 0.4) is 0 Å². The van der Waals surface area contributed by atoms with Crippen LogP contribution in [0.1, 0.15) is 41.5 Å². The Morgan fingerprint density at radius 1 is 0.931 bits per heavy atom. The zero-order valence-electron chi connectivity index (χ0n) is 18.8. The van der Waals surface area contributed by atoms with Gasteiger partial charge in [-0.2, -0.15) is 0 Å². The zero-order valence-corrected chi connectivity index (χ0v) is 19.7. The third-order valence-corrected chi connectivity index (χ3v) is 8.45. The van der Waals surface area contributed by atoms with Crippen molar-refractivity contribution in [3.05, 3.63) is 36.4 Å². The Morgan fingerprint density at radius 2 is 1.48 bits per heavy atom. The molecule has 2 aromatic carbocycles. The summed E-state index contributed by atoms with van der Waals surface area (Å²) in [4.78, 5) is 15.3. The average Bonchev–Trinajstić information content (AvgIpc) is 3.06. The van der Waals surface area contributed by atoms with E-state index in [1.807, 2.05) is 49.9 Å². The molecule has 3 rings (SSSR count). The van der Waals surface area contributed by atoms with Gasteiger partial charge in [0.25, 0.3) is 0 Å². The Kier molecular flexibility index (Phi) is 5.71. The molecule has 29 heavy (non-hydrogen) atoms. The molecule has 1 aliphatic heterocycles. The Balaban J connectivity index is 2.30. The summed E-state index contributed by atoms with van der Waals surface area (Å²) >= 11 is 0. The highest BCUT2D eigenvalue weighted by molar-refractivity contribution is 7.68. The van der Waals surface area contributed by atoms with Crippen molar-refractivity contribution < 1.29 is 14.3 Å². The number of fused-ring (bicyclic) bond motifs is 1. The smallest absolute Gasteiger partial charge is 0.232 e. The lowest BCUT2D eigenvalue weighted by atomic mass is 9.94. The third kappa shape index (κ3) is 3.88. The molecule has 5 heteroatoms. The summed E-state index contributed by atoms with van der Waals surface area (Å²) in [5, 5.41) is 1.32. The van der Waals surface area contributed by atoms with Crippen molar-refractivity contribution >= 4 is 24.8 Å². The standard InChI is InChI=1S/C24H32NO3P/c1-23(2,3)22(26)25-15-29(24(4,5)6)21-16(11-9-12-17(21)25)20-18(27-7)13-10-14-19(20)28-8/h9-14H,15H2,1-8H3. The first-order chi connectivity index (χ1) is 13.5. The summed E-state index contributed by atoms with van der Waals surface area (Å²) in [6.07, 6.45) is 0.749. The van der Waals surface area contributed by atoms with E-state index in [4.69, 9.17) is 9.47 Å². The number of carbonyl (C=O) groups is 1. The first-order valence-corrected chi connectivity index (χ1v) is 11.5. The van der Waals surface area contributed by atoms with Gasteiger partial charge >= 0.3 is 0 Å². The molecule has 1 unspecified atom stereocenters. The Hall–Kier alpha value is -2.06. The number of benzene rings is 2. The van der Waals surface area contributed by atoms with Gasteiger partial charge in [0.1, 0.15) is 11.5 Å². The van der Waals surface area contributed by atoms with E-state index in [1.54, 1.807) is 14.2 Å². The maximum atomic E-state index is 13.3. The van der Waals surface area contributed by atoms with E-state index in [0.29, 0.717) is 0 Å². The van der Waals surface area contributed by atoms with E-state index >= 15 is 0 Å². The number of hydrogen-bond acceptors (Lipinski definition) is 3. The number of methoxy groups -OCH3 is 2. The van der Waals surface area contributed by atoms with Crippen LogP contribution in [0.2, 0.25) is 0 Å². The Bertz CT molecular complexity index is 902. The first kappa shape index (κ1) is 21.6. The number of anilines is 1. The van der Waals surface area contributed by atoms with Gasteiger partial charge in [-0.05, 0) is 36.8 Å². The first-order valence-electron chi connectivity index (χ1n) is 9.94. The van der Waals surface area contributed by atoms with E-state index in [0.717, 1.165) is 34.6 Å². The van der Waals surface area contributed by atoms with E-state index < -0.39 is 13.3 Å². The molecule has 2 aromatic rings. The molecular weight excluding hydrogens is 381 g/mol. The average molecular weight is 413 g/mol. The highest BCUT2D eigenvalue weighted by Gasteiger charge is 2.43. The Morgan fingerprint density at radius 3 is 1.97 bits per heavy atom. The highest BCUT2D eigenvalue weighted by atomic mass is 31.1. The summed E-state index contributed by atoms with van der Waals surface area (Å²) < 4.78 is 11.4. The maximum absolute atomic E-state index is 13.3. The number of nitrogens with zero attached hydrogens (tertiary/aromatic N) is 1. The van der Waals surface area contributed by atoms with Crippen LogP contribution in [0.25, 0.3) is 11.1 Å². The summed E-state index contributed by atoms with van der Waals surface area (Å²) in [5.41, 5.74) is 2.65. The predicted molar refractivity (Wildman–Crippen MR) is 123 cm³/mol. The van der Waals surface area contributed by atoms with Crippen LogP contribution in [-0.4, -0.2) is 31.6 Å². The number of carbonyl (C=O) groups excluding carboxylic acids is 1. The number of hydrogen-bond donors (Lipinski definition) is 0. The van der Waals surface area contributed by atoms with Crippen LogP contribution in [0.15, 0.2) is 36.4 Å². The largest absolute Gasteiger partial charge is 0.496 e. The zero-order chi connectivity index (χ0) is 21.6. The fourth-order valence-corrected chi connectivity index (χ4v) is 6.51. The SMILES string of the molecule is COc1cccc(OC)c1-c1cccc2c1P(C(C)(C)C)CN2C(=O)C(C)(C)C. The van der Waals surface area contributed by atoms with Crippen molar-refractivity contribution in [3.63, 3.8) is 0 Å². The van der Waals surface area contributed by atoms with E-state index in [9.17, 15) is 4.79 Å². The summed E-state index contributed by atoms with van der Waals surface area (Å²) in [6, 6.07) is 12.1. The molecular formula is C24H32NO3P. The number of rotatable bonds is 3. The molecule has 0 bridgehead atoms. The fourth-order valence-electron chi connectivity index (χ4n) is 3.77. The second-order valence-corrected chi connectivity index (χ2v) is 12.4. The lowest BCUT2D eigenvalue weighted by Crippen LogP contribution is -2.38. The van der Waals surface area contributed by atoms with Crippen LogP contribution < -0.4 is 19.7 Å². The minimum atomic E-state index is -0.606. The topological polar surface area (TPSA) is 38.8 Å². The molecule has 0 radical (unpaired) electrons. The van der Waals surface area contributed by atoms with Gasteiger partial charge in [0, 0.05) is 10.7 Å². The van der Waals surface area contributed by atoms with Gasteiger partial charge < -0.3 is 14.4 Å². The van der Waals surface area contributed by atoms with E-state index in [-0.39, 0.29) is 11.1 Å². The van der Waals surface area contributed by atoms with Crippen molar-refractivity contribution in [2.75, 3.05) is 25.4 Å². The predicted octanol–water partition coefficient (Wildman–Crippen LogP) is 5.63. The minimum Gasteiger partial charge on any atom is -0.496 e. The molecule has 0 saturated carbocycles.